The first kappa shape index (κ1) is 19.3. The van der Waals surface area contributed by atoms with Gasteiger partial charge in [0.1, 0.15) is 11.5 Å². The first-order valence-corrected chi connectivity index (χ1v) is 10.5. The third-order valence-electron chi connectivity index (χ3n) is 5.14. The highest BCUT2D eigenvalue weighted by molar-refractivity contribution is 6.33. The van der Waals surface area contributed by atoms with Crippen molar-refractivity contribution >= 4 is 34.8 Å². The second-order valence-corrected chi connectivity index (χ2v) is 7.96. The van der Waals surface area contributed by atoms with Crippen molar-refractivity contribution in [2.75, 3.05) is 31.2 Å². The van der Waals surface area contributed by atoms with Crippen LogP contribution in [0.1, 0.15) is 5.82 Å². The fourth-order valence-electron chi connectivity index (χ4n) is 3.71. The Hall–Kier alpha value is -2.67. The highest BCUT2D eigenvalue weighted by atomic mass is 35.5. The molecule has 5 rings (SSSR count). The third kappa shape index (κ3) is 3.41. The number of ether oxygens (including phenoxy) is 1. The molecular formula is C22H19Cl2N5O. The highest BCUT2D eigenvalue weighted by Gasteiger charge is 2.24. The highest BCUT2D eigenvalue weighted by Crippen LogP contribution is 2.38. The quantitative estimate of drug-likeness (QED) is 0.453. The minimum atomic E-state index is 0.633. The zero-order valence-corrected chi connectivity index (χ0v) is 17.9. The van der Waals surface area contributed by atoms with E-state index >= 15 is 0 Å². The Labute approximate surface area is 184 Å². The smallest absolute Gasteiger partial charge is 0.230 e. The second-order valence-electron chi connectivity index (χ2n) is 7.12. The number of aryl methyl sites for hydroxylation is 1. The van der Waals surface area contributed by atoms with Gasteiger partial charge in [-0.3, -0.25) is 0 Å². The summed E-state index contributed by atoms with van der Waals surface area (Å²) < 4.78 is 7.33. The molecule has 8 heteroatoms. The van der Waals surface area contributed by atoms with Crippen LogP contribution in [0.25, 0.3) is 28.0 Å². The van der Waals surface area contributed by atoms with E-state index in [-0.39, 0.29) is 0 Å². The lowest BCUT2D eigenvalue weighted by atomic mass is 10.0. The number of morpholine rings is 1. The molecule has 3 heterocycles. The van der Waals surface area contributed by atoms with Gasteiger partial charge in [0.05, 0.1) is 23.8 Å². The van der Waals surface area contributed by atoms with E-state index in [0.29, 0.717) is 29.1 Å². The fraction of sp³-hybridized carbons (Fsp3) is 0.227. The van der Waals surface area contributed by atoms with Crippen LogP contribution in [0.15, 0.2) is 48.5 Å². The first-order chi connectivity index (χ1) is 14.6. The zero-order valence-electron chi connectivity index (χ0n) is 16.3. The molecule has 0 N–H and O–H groups in total. The number of hydrogen-bond donors (Lipinski definition) is 0. The maximum Gasteiger partial charge on any atom is 0.230 e. The summed E-state index contributed by atoms with van der Waals surface area (Å²) in [4.78, 5) is 11.7. The Balaban J connectivity index is 1.82. The zero-order chi connectivity index (χ0) is 20.7. The van der Waals surface area contributed by atoms with Gasteiger partial charge >= 0.3 is 0 Å². The number of nitrogens with zero attached hydrogens (tertiary/aromatic N) is 5. The van der Waals surface area contributed by atoms with Crippen LogP contribution >= 0.6 is 23.2 Å². The number of fused-ring (bicyclic) bond motifs is 1. The van der Waals surface area contributed by atoms with Gasteiger partial charge in [-0.2, -0.15) is 14.6 Å². The molecule has 1 aliphatic heterocycles. The van der Waals surface area contributed by atoms with E-state index in [0.717, 1.165) is 47.1 Å². The van der Waals surface area contributed by atoms with Crippen molar-refractivity contribution in [3.63, 3.8) is 0 Å². The third-order valence-corrected chi connectivity index (χ3v) is 5.72. The maximum atomic E-state index is 6.56. The first-order valence-electron chi connectivity index (χ1n) is 9.73. The molecule has 1 saturated heterocycles. The predicted octanol–water partition coefficient (Wildman–Crippen LogP) is 4.91. The molecule has 0 bridgehead atoms. The molecule has 4 aromatic rings. The lowest BCUT2D eigenvalue weighted by Crippen LogP contribution is -2.38. The number of rotatable bonds is 3. The van der Waals surface area contributed by atoms with E-state index in [2.05, 4.69) is 4.90 Å². The average molecular weight is 440 g/mol. The van der Waals surface area contributed by atoms with Crippen LogP contribution in [0.4, 0.5) is 5.95 Å². The lowest BCUT2D eigenvalue weighted by molar-refractivity contribution is 0.121. The van der Waals surface area contributed by atoms with Gasteiger partial charge < -0.3 is 9.64 Å². The summed E-state index contributed by atoms with van der Waals surface area (Å²) in [7, 11) is 0. The van der Waals surface area contributed by atoms with Crippen LogP contribution in [0.3, 0.4) is 0 Å². The number of aromatic nitrogens is 4. The van der Waals surface area contributed by atoms with Crippen molar-refractivity contribution in [1.82, 2.24) is 19.6 Å². The van der Waals surface area contributed by atoms with E-state index in [4.69, 9.17) is 43.0 Å². The van der Waals surface area contributed by atoms with Crippen molar-refractivity contribution in [2.45, 2.75) is 6.92 Å². The number of benzene rings is 2. The molecule has 6 nitrogen and oxygen atoms in total. The normalized spacial score (nSPS) is 14.4. The topological polar surface area (TPSA) is 55.6 Å². The summed E-state index contributed by atoms with van der Waals surface area (Å²) in [6.45, 7) is 4.73. The van der Waals surface area contributed by atoms with Crippen molar-refractivity contribution in [1.29, 1.82) is 0 Å². The Morgan fingerprint density at radius 1 is 0.933 bits per heavy atom. The second kappa shape index (κ2) is 7.87. The SMILES string of the molecule is Cc1nc(N2CCOCC2)n2nc(-c3ccccc3Cl)c(-c3ccc(Cl)cc3)c2n1. The van der Waals surface area contributed by atoms with Crippen molar-refractivity contribution in [3.05, 3.63) is 64.4 Å². The molecule has 1 fully saturated rings. The Morgan fingerprint density at radius 2 is 1.67 bits per heavy atom. The standard InChI is InChI=1S/C22H19Cl2N5O/c1-14-25-21-19(15-6-8-16(23)9-7-15)20(17-4-2-3-5-18(17)24)27-29(21)22(26-14)28-10-12-30-13-11-28/h2-9H,10-13H2,1H3. The minimum Gasteiger partial charge on any atom is -0.378 e. The summed E-state index contributed by atoms with van der Waals surface area (Å²) >= 11 is 12.7. The summed E-state index contributed by atoms with van der Waals surface area (Å²) in [6.07, 6.45) is 0. The molecule has 0 spiro atoms. The molecule has 2 aromatic heterocycles. The molecule has 0 saturated carbocycles. The molecule has 0 radical (unpaired) electrons. The molecule has 30 heavy (non-hydrogen) atoms. The van der Waals surface area contributed by atoms with Gasteiger partial charge in [-0.25, -0.2) is 4.98 Å². The monoisotopic (exact) mass is 439 g/mol. The summed E-state index contributed by atoms with van der Waals surface area (Å²) in [6, 6.07) is 15.4. The minimum absolute atomic E-state index is 0.633. The van der Waals surface area contributed by atoms with E-state index in [1.807, 2.05) is 60.0 Å². The van der Waals surface area contributed by atoms with Gasteiger partial charge in [0, 0.05) is 23.7 Å². The van der Waals surface area contributed by atoms with Crippen molar-refractivity contribution < 1.29 is 4.74 Å². The van der Waals surface area contributed by atoms with Crippen LogP contribution in [-0.2, 0) is 4.74 Å². The molecular weight excluding hydrogens is 421 g/mol. The van der Waals surface area contributed by atoms with Crippen LogP contribution in [-0.4, -0.2) is 45.9 Å². The van der Waals surface area contributed by atoms with Gasteiger partial charge in [-0.05, 0) is 30.7 Å². The summed E-state index contributed by atoms with van der Waals surface area (Å²) in [5, 5.41) is 6.26. The number of halogens is 2. The summed E-state index contributed by atoms with van der Waals surface area (Å²) in [5.41, 5.74) is 4.22. The van der Waals surface area contributed by atoms with Gasteiger partial charge in [-0.15, -0.1) is 0 Å². The van der Waals surface area contributed by atoms with Crippen LogP contribution < -0.4 is 4.90 Å². The molecule has 0 amide bonds. The lowest BCUT2D eigenvalue weighted by Gasteiger charge is -2.27. The largest absolute Gasteiger partial charge is 0.378 e. The maximum absolute atomic E-state index is 6.56. The Kier molecular flexibility index (Phi) is 5.06. The van der Waals surface area contributed by atoms with Gasteiger partial charge in [0.25, 0.3) is 0 Å². The predicted molar refractivity (Wildman–Crippen MR) is 119 cm³/mol. The van der Waals surface area contributed by atoms with E-state index in [1.165, 1.54) is 0 Å². The van der Waals surface area contributed by atoms with Crippen LogP contribution in [0.2, 0.25) is 10.0 Å². The van der Waals surface area contributed by atoms with Crippen molar-refractivity contribution in [3.8, 4) is 22.4 Å². The van der Waals surface area contributed by atoms with Gasteiger partial charge in [-0.1, -0.05) is 53.5 Å². The van der Waals surface area contributed by atoms with E-state index < -0.39 is 0 Å². The molecule has 1 aliphatic rings. The van der Waals surface area contributed by atoms with Crippen LogP contribution in [0.5, 0.6) is 0 Å². The molecule has 2 aromatic carbocycles. The van der Waals surface area contributed by atoms with Crippen LogP contribution in [0, 0.1) is 6.92 Å². The average Bonchev–Trinajstić information content (AvgIpc) is 3.13. The molecule has 0 unspecified atom stereocenters. The van der Waals surface area contributed by atoms with Gasteiger partial charge in [0.2, 0.25) is 5.95 Å². The van der Waals surface area contributed by atoms with Crippen molar-refractivity contribution in [2.24, 2.45) is 0 Å². The van der Waals surface area contributed by atoms with E-state index in [1.54, 1.807) is 0 Å². The van der Waals surface area contributed by atoms with E-state index in [9.17, 15) is 0 Å². The fourth-order valence-corrected chi connectivity index (χ4v) is 4.07. The van der Waals surface area contributed by atoms with Gasteiger partial charge in [0.15, 0.2) is 5.65 Å². The summed E-state index contributed by atoms with van der Waals surface area (Å²) in [5.74, 6) is 1.44. The Morgan fingerprint density at radius 3 is 2.40 bits per heavy atom. The molecule has 0 aliphatic carbocycles. The number of anilines is 1. The molecule has 152 valence electrons. The molecule has 0 atom stereocenters. The Bertz CT molecular complexity index is 1220. The number of hydrogen-bond acceptors (Lipinski definition) is 5.